The molecule has 3 rings (SSSR count). The van der Waals surface area contributed by atoms with Crippen LogP contribution >= 0.6 is 11.3 Å². The fraction of sp³-hybridized carbons (Fsp3) is 0.636. The molecule has 1 aromatic heterocycles. The lowest BCUT2D eigenvalue weighted by atomic mass is 10.1. The van der Waals surface area contributed by atoms with Gasteiger partial charge in [-0.3, -0.25) is 4.79 Å². The number of thiazole rings is 1. The van der Waals surface area contributed by atoms with Gasteiger partial charge in [0, 0.05) is 6.54 Å². The standard InChI is InChI=1S/C11H15N3O2S/c12-10-13-6-7(17-10)9(15)14-5-1-2-8(14)11(16)3-4-11/h6,8,16H,1-5H2,(H2,12,13). The third kappa shape index (κ3) is 1.81. The largest absolute Gasteiger partial charge is 0.388 e. The van der Waals surface area contributed by atoms with Crippen LogP contribution in [0.25, 0.3) is 0 Å². The monoisotopic (exact) mass is 253 g/mol. The molecular weight excluding hydrogens is 238 g/mol. The summed E-state index contributed by atoms with van der Waals surface area (Å²) in [7, 11) is 0. The zero-order valence-electron chi connectivity index (χ0n) is 9.43. The van der Waals surface area contributed by atoms with E-state index in [0.29, 0.717) is 10.0 Å². The lowest BCUT2D eigenvalue weighted by Crippen LogP contribution is -2.43. The highest BCUT2D eigenvalue weighted by atomic mass is 32.1. The van der Waals surface area contributed by atoms with Crippen molar-refractivity contribution < 1.29 is 9.90 Å². The lowest BCUT2D eigenvalue weighted by Gasteiger charge is -2.28. The molecule has 0 aromatic carbocycles. The lowest BCUT2D eigenvalue weighted by molar-refractivity contribution is 0.0389. The quantitative estimate of drug-likeness (QED) is 0.819. The number of nitrogens with two attached hydrogens (primary N) is 1. The van der Waals surface area contributed by atoms with E-state index in [0.717, 1.165) is 32.2 Å². The summed E-state index contributed by atoms with van der Waals surface area (Å²) < 4.78 is 0. The molecule has 2 fully saturated rings. The maximum Gasteiger partial charge on any atom is 0.265 e. The second-order valence-electron chi connectivity index (χ2n) is 4.82. The van der Waals surface area contributed by atoms with Gasteiger partial charge >= 0.3 is 0 Å². The maximum atomic E-state index is 12.3. The fourth-order valence-corrected chi connectivity index (χ4v) is 3.20. The van der Waals surface area contributed by atoms with Crippen molar-refractivity contribution >= 4 is 22.4 Å². The van der Waals surface area contributed by atoms with Crippen LogP contribution in [0.2, 0.25) is 0 Å². The van der Waals surface area contributed by atoms with Crippen molar-refractivity contribution in [2.24, 2.45) is 0 Å². The van der Waals surface area contributed by atoms with Crippen molar-refractivity contribution in [3.05, 3.63) is 11.1 Å². The number of nitrogen functional groups attached to an aromatic ring is 1. The van der Waals surface area contributed by atoms with Gasteiger partial charge in [-0.05, 0) is 25.7 Å². The second-order valence-corrected chi connectivity index (χ2v) is 5.89. The van der Waals surface area contributed by atoms with E-state index in [2.05, 4.69) is 4.98 Å². The molecule has 1 saturated carbocycles. The topological polar surface area (TPSA) is 79.5 Å². The first-order valence-electron chi connectivity index (χ1n) is 5.85. The Balaban J connectivity index is 1.81. The van der Waals surface area contributed by atoms with Crippen LogP contribution in [0.1, 0.15) is 35.4 Å². The summed E-state index contributed by atoms with van der Waals surface area (Å²) in [5.41, 5.74) is 4.91. The van der Waals surface area contributed by atoms with Gasteiger partial charge in [0.1, 0.15) is 4.88 Å². The van der Waals surface area contributed by atoms with Gasteiger partial charge < -0.3 is 15.7 Å². The molecule has 1 aromatic rings. The minimum absolute atomic E-state index is 0.0154. The van der Waals surface area contributed by atoms with Crippen LogP contribution in [-0.4, -0.2) is 39.1 Å². The number of carbonyl (C=O) groups excluding carboxylic acids is 1. The molecule has 2 aliphatic rings. The fourth-order valence-electron chi connectivity index (χ4n) is 2.56. The van der Waals surface area contributed by atoms with Crippen LogP contribution in [0.15, 0.2) is 6.20 Å². The van der Waals surface area contributed by atoms with Crippen molar-refractivity contribution in [3.8, 4) is 0 Å². The first-order chi connectivity index (χ1) is 8.10. The number of aromatic nitrogens is 1. The highest BCUT2D eigenvalue weighted by molar-refractivity contribution is 7.17. The van der Waals surface area contributed by atoms with Crippen molar-refractivity contribution in [1.29, 1.82) is 0 Å². The third-order valence-corrected chi connectivity index (χ3v) is 4.45. The summed E-state index contributed by atoms with van der Waals surface area (Å²) in [5.74, 6) is -0.0398. The van der Waals surface area contributed by atoms with E-state index >= 15 is 0 Å². The molecule has 92 valence electrons. The zero-order valence-corrected chi connectivity index (χ0v) is 10.2. The Morgan fingerprint density at radius 2 is 2.41 bits per heavy atom. The molecule has 6 heteroatoms. The maximum absolute atomic E-state index is 12.3. The molecule has 5 nitrogen and oxygen atoms in total. The molecular formula is C11H15N3O2S. The Labute approximate surface area is 103 Å². The summed E-state index contributed by atoms with van der Waals surface area (Å²) in [6.45, 7) is 0.726. The van der Waals surface area contributed by atoms with Crippen molar-refractivity contribution in [2.75, 3.05) is 12.3 Å². The molecule has 0 radical (unpaired) electrons. The summed E-state index contributed by atoms with van der Waals surface area (Å²) in [6.07, 6.45) is 5.01. The van der Waals surface area contributed by atoms with E-state index in [9.17, 15) is 9.90 Å². The predicted molar refractivity (Wildman–Crippen MR) is 64.8 cm³/mol. The Bertz CT molecular complexity index is 455. The number of aliphatic hydroxyl groups is 1. The summed E-state index contributed by atoms with van der Waals surface area (Å²) in [5, 5.41) is 10.6. The molecule has 1 atom stereocenters. The van der Waals surface area contributed by atoms with Crippen LogP contribution in [-0.2, 0) is 0 Å². The van der Waals surface area contributed by atoms with Gasteiger partial charge in [-0.15, -0.1) is 0 Å². The number of carbonyl (C=O) groups is 1. The van der Waals surface area contributed by atoms with Crippen LogP contribution < -0.4 is 5.73 Å². The molecule has 1 amide bonds. The van der Waals surface area contributed by atoms with Crippen LogP contribution in [0.5, 0.6) is 0 Å². The van der Waals surface area contributed by atoms with E-state index in [4.69, 9.17) is 5.73 Å². The molecule has 1 saturated heterocycles. The Morgan fingerprint density at radius 1 is 1.65 bits per heavy atom. The molecule has 1 unspecified atom stereocenters. The summed E-state index contributed by atoms with van der Waals surface area (Å²) in [4.78, 5) is 18.5. The number of hydrogen-bond acceptors (Lipinski definition) is 5. The Kier molecular flexibility index (Phi) is 2.38. The first-order valence-corrected chi connectivity index (χ1v) is 6.66. The number of anilines is 1. The van der Waals surface area contributed by atoms with Gasteiger partial charge in [-0.2, -0.15) is 0 Å². The van der Waals surface area contributed by atoms with Gasteiger partial charge in [-0.1, -0.05) is 11.3 Å². The molecule has 1 aliphatic carbocycles. The normalized spacial score (nSPS) is 26.2. The van der Waals surface area contributed by atoms with E-state index < -0.39 is 5.60 Å². The van der Waals surface area contributed by atoms with Crippen molar-refractivity contribution in [3.63, 3.8) is 0 Å². The molecule has 0 bridgehead atoms. The number of hydrogen-bond donors (Lipinski definition) is 2. The van der Waals surface area contributed by atoms with Gasteiger partial charge in [0.25, 0.3) is 5.91 Å². The smallest absolute Gasteiger partial charge is 0.265 e. The molecule has 1 aliphatic heterocycles. The average Bonchev–Trinajstić information content (AvgIpc) is 2.77. The van der Waals surface area contributed by atoms with E-state index in [1.165, 1.54) is 17.5 Å². The van der Waals surface area contributed by atoms with E-state index in [-0.39, 0.29) is 11.9 Å². The summed E-state index contributed by atoms with van der Waals surface area (Å²) in [6, 6.07) is -0.0154. The van der Waals surface area contributed by atoms with E-state index in [1.807, 2.05) is 0 Å². The molecule has 17 heavy (non-hydrogen) atoms. The second kappa shape index (κ2) is 3.68. The number of nitrogens with zero attached hydrogens (tertiary/aromatic N) is 2. The van der Waals surface area contributed by atoms with Crippen molar-refractivity contribution in [1.82, 2.24) is 9.88 Å². The molecule has 2 heterocycles. The van der Waals surface area contributed by atoms with E-state index in [1.54, 1.807) is 4.90 Å². The minimum Gasteiger partial charge on any atom is -0.388 e. The number of amides is 1. The van der Waals surface area contributed by atoms with Crippen molar-refractivity contribution in [2.45, 2.75) is 37.3 Å². The zero-order chi connectivity index (χ0) is 12.0. The Hall–Kier alpha value is -1.14. The summed E-state index contributed by atoms with van der Waals surface area (Å²) >= 11 is 1.21. The van der Waals surface area contributed by atoms with Crippen LogP contribution in [0, 0.1) is 0 Å². The van der Waals surface area contributed by atoms with Gasteiger partial charge in [0.15, 0.2) is 5.13 Å². The number of likely N-dealkylation sites (tertiary alicyclic amines) is 1. The minimum atomic E-state index is -0.623. The van der Waals surface area contributed by atoms with Gasteiger partial charge in [0.2, 0.25) is 0 Å². The van der Waals surface area contributed by atoms with Crippen LogP contribution in [0.4, 0.5) is 5.13 Å². The molecule has 3 N–H and O–H groups in total. The third-order valence-electron chi connectivity index (χ3n) is 3.63. The van der Waals surface area contributed by atoms with Gasteiger partial charge in [-0.25, -0.2) is 4.98 Å². The van der Waals surface area contributed by atoms with Gasteiger partial charge in [0.05, 0.1) is 17.8 Å². The predicted octanol–water partition coefficient (Wildman–Crippen LogP) is 0.855. The average molecular weight is 253 g/mol. The first kappa shape index (κ1) is 11.0. The number of rotatable bonds is 2. The highest BCUT2D eigenvalue weighted by Gasteiger charge is 2.52. The SMILES string of the molecule is Nc1ncc(C(=O)N2CCCC2C2(O)CC2)s1. The molecule has 0 spiro atoms. The van der Waals surface area contributed by atoms with Crippen LogP contribution in [0.3, 0.4) is 0 Å². The highest BCUT2D eigenvalue weighted by Crippen LogP contribution is 2.45. The Morgan fingerprint density at radius 3 is 3.00 bits per heavy atom.